The van der Waals surface area contributed by atoms with Crippen LogP contribution >= 0.6 is 0 Å². The summed E-state index contributed by atoms with van der Waals surface area (Å²) in [7, 11) is 2.56. The van der Waals surface area contributed by atoms with Gasteiger partial charge in [-0.15, -0.1) is 0 Å². The summed E-state index contributed by atoms with van der Waals surface area (Å²) in [5, 5.41) is 13.5. The summed E-state index contributed by atoms with van der Waals surface area (Å²) in [6, 6.07) is 16.1. The van der Waals surface area contributed by atoms with E-state index in [1.807, 2.05) is 54.6 Å². The third kappa shape index (κ3) is 3.24. The van der Waals surface area contributed by atoms with E-state index in [9.17, 15) is 19.5 Å². The number of para-hydroxylation sites is 1. The number of esters is 2. The molecule has 39 heavy (non-hydrogen) atoms. The minimum Gasteiger partial charge on any atom is -0.465 e. The molecule has 3 atom stereocenters. The lowest BCUT2D eigenvalue weighted by molar-refractivity contribution is -0.570. The van der Waals surface area contributed by atoms with Gasteiger partial charge < -0.3 is 19.5 Å². The predicted molar refractivity (Wildman–Crippen MR) is 141 cm³/mol. The number of anilines is 1. The number of aliphatic hydroxyl groups is 1. The van der Waals surface area contributed by atoms with Crippen molar-refractivity contribution < 1.29 is 33.5 Å². The maximum Gasteiger partial charge on any atom is 0.412 e. The lowest BCUT2D eigenvalue weighted by Crippen LogP contribution is -2.71. The highest BCUT2D eigenvalue weighted by Crippen LogP contribution is 2.58. The Hall–Kier alpha value is -4.18. The van der Waals surface area contributed by atoms with Gasteiger partial charge in [0.2, 0.25) is 5.70 Å². The van der Waals surface area contributed by atoms with Crippen molar-refractivity contribution >= 4 is 29.5 Å². The van der Waals surface area contributed by atoms with Gasteiger partial charge in [0.25, 0.3) is 5.84 Å². The fraction of sp³-hybridized carbons (Fsp3) is 0.379. The number of carbonyl (C=O) groups is 3. The van der Waals surface area contributed by atoms with Crippen LogP contribution in [0.3, 0.4) is 0 Å². The van der Waals surface area contributed by atoms with Gasteiger partial charge in [0.1, 0.15) is 17.0 Å². The Morgan fingerprint density at radius 3 is 2.38 bits per heavy atom. The van der Waals surface area contributed by atoms with Crippen molar-refractivity contribution in [2.75, 3.05) is 25.7 Å². The molecular formula is C29H31N4O6+. The minimum atomic E-state index is -1.10. The first kappa shape index (κ1) is 25.1. The van der Waals surface area contributed by atoms with E-state index in [-0.39, 0.29) is 23.9 Å². The molecule has 2 N–H and O–H groups in total. The number of nitrogens with one attached hydrogen (secondary N) is 1. The molecule has 10 heteroatoms. The number of hydrogen-bond acceptors (Lipinski definition) is 7. The molecule has 2 amide bonds. The highest BCUT2D eigenvalue weighted by Gasteiger charge is 2.74. The number of benzene rings is 2. The van der Waals surface area contributed by atoms with E-state index in [1.54, 1.807) is 23.3 Å². The Balaban J connectivity index is 1.75. The summed E-state index contributed by atoms with van der Waals surface area (Å²) >= 11 is 0. The second kappa shape index (κ2) is 8.67. The van der Waals surface area contributed by atoms with Crippen molar-refractivity contribution in [1.29, 1.82) is 0 Å². The summed E-state index contributed by atoms with van der Waals surface area (Å²) in [4.78, 5) is 44.6. The van der Waals surface area contributed by atoms with Gasteiger partial charge in [0.15, 0.2) is 5.66 Å². The van der Waals surface area contributed by atoms with E-state index in [1.165, 1.54) is 14.2 Å². The number of hydrogen-bond donors (Lipinski definition) is 2. The molecular weight excluding hydrogens is 500 g/mol. The Kier molecular flexibility index (Phi) is 5.58. The first-order valence-electron chi connectivity index (χ1n) is 12.9. The van der Waals surface area contributed by atoms with Crippen LogP contribution in [-0.4, -0.2) is 77.0 Å². The lowest BCUT2D eigenvalue weighted by atomic mass is 9.68. The quantitative estimate of drug-likeness (QED) is 0.448. The molecule has 0 aromatic heterocycles. The minimum absolute atomic E-state index is 0.0134. The van der Waals surface area contributed by atoms with Crippen LogP contribution in [0.15, 0.2) is 65.9 Å². The van der Waals surface area contributed by atoms with Crippen molar-refractivity contribution in [1.82, 2.24) is 10.2 Å². The molecule has 2 unspecified atom stereocenters. The number of ether oxygens (including phenoxy) is 2. The number of amidine groups is 1. The monoisotopic (exact) mass is 531 g/mol. The van der Waals surface area contributed by atoms with Crippen LogP contribution in [0.5, 0.6) is 0 Å². The Morgan fingerprint density at radius 1 is 1.05 bits per heavy atom. The highest BCUT2D eigenvalue weighted by molar-refractivity contribution is 6.13. The van der Waals surface area contributed by atoms with Gasteiger partial charge >= 0.3 is 18.0 Å². The molecule has 0 bridgehead atoms. The van der Waals surface area contributed by atoms with Crippen LogP contribution in [0.4, 0.5) is 10.5 Å². The second-order valence-corrected chi connectivity index (χ2v) is 10.8. The average Bonchev–Trinajstić information content (AvgIpc) is 3.42. The normalized spacial score (nSPS) is 26.1. The zero-order chi connectivity index (χ0) is 27.7. The van der Waals surface area contributed by atoms with E-state index in [0.717, 1.165) is 16.8 Å². The number of amides is 2. The number of nitrogens with zero attached hydrogens (tertiary/aromatic N) is 3. The first-order chi connectivity index (χ1) is 18.7. The van der Waals surface area contributed by atoms with Crippen LogP contribution in [0, 0.1) is 0 Å². The zero-order valence-electron chi connectivity index (χ0n) is 22.3. The topological polar surface area (TPSA) is 111 Å². The summed E-state index contributed by atoms with van der Waals surface area (Å²) < 4.78 is 12.3. The molecule has 2 aromatic carbocycles. The van der Waals surface area contributed by atoms with E-state index in [2.05, 4.69) is 10.2 Å². The molecule has 1 spiro atoms. The van der Waals surface area contributed by atoms with Crippen molar-refractivity contribution in [2.24, 2.45) is 0 Å². The Labute approximate surface area is 226 Å². The largest absolute Gasteiger partial charge is 0.465 e. The van der Waals surface area contributed by atoms with Crippen molar-refractivity contribution in [2.45, 2.75) is 50.0 Å². The van der Waals surface area contributed by atoms with Gasteiger partial charge in [-0.1, -0.05) is 48.5 Å². The molecule has 4 aliphatic heterocycles. The summed E-state index contributed by atoms with van der Waals surface area (Å²) in [6.07, 6.45) is 0.348. The molecule has 2 aromatic rings. The molecule has 4 heterocycles. The number of fused-ring (bicyclic) bond motifs is 1. The molecule has 4 aliphatic rings. The molecule has 6 rings (SSSR count). The standard InChI is InChI=1S/C29H30N4O6/c1-28(2)30-27(37)32-18(16-34)14-29-19-12-8-9-13-20(19)31(15-17-10-6-5-7-11-17)23(29)21(24(35)38-3)22(25(36)39-4)33(28)26(29)32/h5-13,18,23,34H,14-16H2,1-4H3/p+1/t18?,23?,29-/m0/s1. The van der Waals surface area contributed by atoms with Gasteiger partial charge in [-0.3, -0.25) is 5.32 Å². The van der Waals surface area contributed by atoms with E-state index in [0.29, 0.717) is 18.8 Å². The number of methoxy groups -OCH3 is 2. The van der Waals surface area contributed by atoms with Gasteiger partial charge in [-0.2, -0.15) is 9.48 Å². The summed E-state index contributed by atoms with van der Waals surface area (Å²) in [6.45, 7) is 3.69. The molecule has 1 fully saturated rings. The number of aliphatic hydroxyl groups excluding tert-OH is 1. The van der Waals surface area contributed by atoms with E-state index in [4.69, 9.17) is 9.47 Å². The summed E-state index contributed by atoms with van der Waals surface area (Å²) in [5.41, 5.74) is 0.944. The first-order valence-corrected chi connectivity index (χ1v) is 12.9. The van der Waals surface area contributed by atoms with E-state index >= 15 is 0 Å². The second-order valence-electron chi connectivity index (χ2n) is 10.8. The molecule has 10 nitrogen and oxygen atoms in total. The SMILES string of the molecule is COC(=O)C1=C(C(=O)OC)[N+]2=C3N(C(=O)NC2(C)C)C(CO)C[C@@]32c3ccccc3N(Cc3ccccc3)C12. The molecule has 202 valence electrons. The van der Waals surface area contributed by atoms with Crippen LogP contribution in [0.1, 0.15) is 31.4 Å². The smallest absolute Gasteiger partial charge is 0.412 e. The van der Waals surface area contributed by atoms with Gasteiger partial charge in [0, 0.05) is 18.7 Å². The van der Waals surface area contributed by atoms with Crippen LogP contribution in [0.25, 0.3) is 0 Å². The summed E-state index contributed by atoms with van der Waals surface area (Å²) in [5.74, 6) is -0.823. The lowest BCUT2D eigenvalue weighted by Gasteiger charge is -2.44. The fourth-order valence-corrected chi connectivity index (χ4v) is 7.03. The van der Waals surface area contributed by atoms with Crippen molar-refractivity contribution in [3.05, 3.63) is 77.0 Å². The third-order valence-electron chi connectivity index (χ3n) is 8.37. The van der Waals surface area contributed by atoms with Gasteiger partial charge in [-0.05, 0) is 31.0 Å². The fourth-order valence-electron chi connectivity index (χ4n) is 7.03. The zero-order valence-corrected chi connectivity index (χ0v) is 22.3. The predicted octanol–water partition coefficient (Wildman–Crippen LogP) is 1.86. The number of rotatable bonds is 5. The average molecular weight is 532 g/mol. The Bertz CT molecular complexity index is 1470. The number of urea groups is 1. The van der Waals surface area contributed by atoms with Gasteiger partial charge in [0.05, 0.1) is 26.9 Å². The maximum atomic E-state index is 13.8. The van der Waals surface area contributed by atoms with Crippen molar-refractivity contribution in [3.63, 3.8) is 0 Å². The number of carbonyl (C=O) groups excluding carboxylic acids is 3. The molecule has 0 saturated carbocycles. The van der Waals surface area contributed by atoms with Crippen molar-refractivity contribution in [3.8, 4) is 0 Å². The molecule has 0 radical (unpaired) electrons. The van der Waals surface area contributed by atoms with Crippen LogP contribution < -0.4 is 10.2 Å². The van der Waals surface area contributed by atoms with Gasteiger partial charge in [-0.25, -0.2) is 14.4 Å². The van der Waals surface area contributed by atoms with Crippen LogP contribution in [0.2, 0.25) is 0 Å². The van der Waals surface area contributed by atoms with Crippen LogP contribution in [-0.2, 0) is 31.0 Å². The molecule has 1 saturated heterocycles. The Morgan fingerprint density at radius 2 is 1.72 bits per heavy atom. The van der Waals surface area contributed by atoms with E-state index < -0.39 is 35.1 Å². The maximum absolute atomic E-state index is 13.8. The highest BCUT2D eigenvalue weighted by atomic mass is 16.5. The molecule has 0 aliphatic carbocycles. The third-order valence-corrected chi connectivity index (χ3v) is 8.37.